The second kappa shape index (κ2) is 4.45. The normalized spacial score (nSPS) is 10.5. The summed E-state index contributed by atoms with van der Waals surface area (Å²) >= 11 is 0. The molecule has 0 aliphatic carbocycles. The van der Waals surface area contributed by atoms with E-state index in [2.05, 4.69) is 10.3 Å². The number of aromatic hydroxyl groups is 1. The first-order valence-electron chi connectivity index (χ1n) is 5.82. The van der Waals surface area contributed by atoms with Crippen LogP contribution >= 0.6 is 0 Å². The average molecular weight is 252 g/mol. The Balaban J connectivity index is 2.09. The zero-order valence-electron chi connectivity index (χ0n) is 10.1. The largest absolute Gasteiger partial charge is 0.508 e. The van der Waals surface area contributed by atoms with Crippen molar-refractivity contribution in [1.82, 2.24) is 15.0 Å². The highest BCUT2D eigenvalue weighted by Gasteiger charge is 2.12. The molecule has 0 radical (unpaired) electrons. The third-order valence-corrected chi connectivity index (χ3v) is 2.83. The van der Waals surface area contributed by atoms with Gasteiger partial charge in [-0.05, 0) is 12.1 Å². The Morgan fingerprint density at radius 2 is 1.79 bits per heavy atom. The van der Waals surface area contributed by atoms with Crippen molar-refractivity contribution >= 4 is 5.82 Å². The van der Waals surface area contributed by atoms with E-state index in [0.29, 0.717) is 17.2 Å². The minimum absolute atomic E-state index is 0.161. The van der Waals surface area contributed by atoms with Crippen LogP contribution in [0.3, 0.4) is 0 Å². The van der Waals surface area contributed by atoms with Crippen molar-refractivity contribution in [1.29, 1.82) is 0 Å². The zero-order chi connectivity index (χ0) is 13.2. The second-order valence-corrected chi connectivity index (χ2v) is 4.12. The quantitative estimate of drug-likeness (QED) is 0.733. The van der Waals surface area contributed by atoms with Crippen LogP contribution in [-0.2, 0) is 0 Å². The van der Waals surface area contributed by atoms with E-state index >= 15 is 0 Å². The molecular formula is C14H12N4O. The van der Waals surface area contributed by atoms with E-state index in [-0.39, 0.29) is 5.75 Å². The zero-order valence-corrected chi connectivity index (χ0v) is 10.1. The van der Waals surface area contributed by atoms with Crippen LogP contribution in [0.15, 0.2) is 54.6 Å². The number of rotatable bonds is 2. The molecular weight excluding hydrogens is 240 g/mol. The highest BCUT2D eigenvalue weighted by Crippen LogP contribution is 2.25. The molecule has 3 aromatic rings. The fourth-order valence-electron chi connectivity index (χ4n) is 1.91. The standard InChI is InChI=1S/C14H12N4O/c15-14-13(10-5-2-1-3-6-10)16-17-18(14)11-7-4-8-12(19)9-11/h1-9,19H,15H2. The molecule has 5 nitrogen and oxygen atoms in total. The third kappa shape index (κ3) is 2.01. The number of benzene rings is 2. The predicted octanol–water partition coefficient (Wildman–Crippen LogP) is 2.22. The summed E-state index contributed by atoms with van der Waals surface area (Å²) in [5.74, 6) is 0.602. The van der Waals surface area contributed by atoms with Crippen molar-refractivity contribution in [3.8, 4) is 22.7 Å². The number of anilines is 1. The first kappa shape index (κ1) is 11.3. The van der Waals surface area contributed by atoms with E-state index in [1.165, 1.54) is 4.68 Å². The Morgan fingerprint density at radius 3 is 2.53 bits per heavy atom. The van der Waals surface area contributed by atoms with E-state index in [9.17, 15) is 5.11 Å². The second-order valence-electron chi connectivity index (χ2n) is 4.12. The molecule has 0 aliphatic heterocycles. The van der Waals surface area contributed by atoms with E-state index in [1.54, 1.807) is 24.3 Å². The van der Waals surface area contributed by atoms with Gasteiger partial charge in [-0.15, -0.1) is 5.10 Å². The number of nitrogens with two attached hydrogens (primary N) is 1. The monoisotopic (exact) mass is 252 g/mol. The number of hydrogen-bond acceptors (Lipinski definition) is 4. The predicted molar refractivity (Wildman–Crippen MR) is 72.9 cm³/mol. The fraction of sp³-hybridized carbons (Fsp3) is 0. The highest BCUT2D eigenvalue weighted by molar-refractivity contribution is 5.70. The van der Waals surface area contributed by atoms with Crippen LogP contribution < -0.4 is 5.73 Å². The topological polar surface area (TPSA) is 77.0 Å². The summed E-state index contributed by atoms with van der Waals surface area (Å²) in [6.07, 6.45) is 0. The lowest BCUT2D eigenvalue weighted by Gasteiger charge is -2.03. The van der Waals surface area contributed by atoms with Crippen molar-refractivity contribution in [2.24, 2.45) is 0 Å². The number of aromatic nitrogens is 3. The molecule has 0 fully saturated rings. The van der Waals surface area contributed by atoms with Gasteiger partial charge in [0.25, 0.3) is 0 Å². The molecule has 1 aromatic heterocycles. The van der Waals surface area contributed by atoms with Gasteiger partial charge in [0.1, 0.15) is 11.4 Å². The van der Waals surface area contributed by atoms with Gasteiger partial charge >= 0.3 is 0 Å². The van der Waals surface area contributed by atoms with Gasteiger partial charge < -0.3 is 10.8 Å². The third-order valence-electron chi connectivity index (χ3n) is 2.83. The van der Waals surface area contributed by atoms with Gasteiger partial charge in [0, 0.05) is 11.6 Å². The number of phenolic OH excluding ortho intramolecular Hbond substituents is 1. The maximum atomic E-state index is 9.49. The molecule has 0 unspecified atom stereocenters. The van der Waals surface area contributed by atoms with Crippen LogP contribution in [0.2, 0.25) is 0 Å². The van der Waals surface area contributed by atoms with Crippen molar-refractivity contribution in [2.75, 3.05) is 5.73 Å². The van der Waals surface area contributed by atoms with Crippen LogP contribution in [0.1, 0.15) is 0 Å². The SMILES string of the molecule is Nc1c(-c2ccccc2)nnn1-c1cccc(O)c1. The Kier molecular flexibility index (Phi) is 2.64. The molecule has 2 aromatic carbocycles. The molecule has 3 rings (SSSR count). The van der Waals surface area contributed by atoms with Gasteiger partial charge in [0.05, 0.1) is 5.69 Å². The fourth-order valence-corrected chi connectivity index (χ4v) is 1.91. The first-order valence-corrected chi connectivity index (χ1v) is 5.82. The summed E-state index contributed by atoms with van der Waals surface area (Å²) in [5, 5.41) is 17.6. The number of nitrogen functional groups attached to an aromatic ring is 1. The molecule has 0 amide bonds. The molecule has 19 heavy (non-hydrogen) atoms. The minimum Gasteiger partial charge on any atom is -0.508 e. The molecule has 3 N–H and O–H groups in total. The summed E-state index contributed by atoms with van der Waals surface area (Å²) in [5.41, 5.74) is 8.28. The van der Waals surface area contributed by atoms with Crippen LogP contribution in [0.4, 0.5) is 5.82 Å². The van der Waals surface area contributed by atoms with E-state index in [4.69, 9.17) is 5.73 Å². The lowest BCUT2D eigenvalue weighted by molar-refractivity contribution is 0.475. The molecule has 5 heteroatoms. The molecule has 1 heterocycles. The maximum Gasteiger partial charge on any atom is 0.155 e. The van der Waals surface area contributed by atoms with E-state index in [0.717, 1.165) is 5.56 Å². The molecule has 0 saturated carbocycles. The summed E-state index contributed by atoms with van der Waals surface area (Å²) in [4.78, 5) is 0. The van der Waals surface area contributed by atoms with E-state index in [1.807, 2.05) is 30.3 Å². The molecule has 0 spiro atoms. The Hall–Kier alpha value is -2.82. The molecule has 0 atom stereocenters. The smallest absolute Gasteiger partial charge is 0.155 e. The van der Waals surface area contributed by atoms with E-state index < -0.39 is 0 Å². The molecule has 94 valence electrons. The van der Waals surface area contributed by atoms with Gasteiger partial charge in [-0.2, -0.15) is 4.68 Å². The van der Waals surface area contributed by atoms with Crippen LogP contribution in [0, 0.1) is 0 Å². The number of hydrogen-bond donors (Lipinski definition) is 2. The minimum atomic E-state index is 0.161. The highest BCUT2D eigenvalue weighted by atomic mass is 16.3. The van der Waals surface area contributed by atoms with Gasteiger partial charge in [-0.3, -0.25) is 0 Å². The Bertz CT molecular complexity index is 706. The lowest BCUT2D eigenvalue weighted by Crippen LogP contribution is -2.02. The van der Waals surface area contributed by atoms with Crippen LogP contribution in [0.5, 0.6) is 5.75 Å². The van der Waals surface area contributed by atoms with Crippen molar-refractivity contribution in [3.63, 3.8) is 0 Å². The summed E-state index contributed by atoms with van der Waals surface area (Å²) in [6.45, 7) is 0. The van der Waals surface area contributed by atoms with Crippen molar-refractivity contribution in [3.05, 3.63) is 54.6 Å². The first-order chi connectivity index (χ1) is 9.25. The van der Waals surface area contributed by atoms with Crippen molar-refractivity contribution < 1.29 is 5.11 Å². The van der Waals surface area contributed by atoms with Gasteiger partial charge in [0.2, 0.25) is 0 Å². The molecule has 0 saturated heterocycles. The van der Waals surface area contributed by atoms with Crippen LogP contribution in [-0.4, -0.2) is 20.1 Å². The summed E-state index contributed by atoms with van der Waals surface area (Å²) in [7, 11) is 0. The van der Waals surface area contributed by atoms with Crippen molar-refractivity contribution in [2.45, 2.75) is 0 Å². The van der Waals surface area contributed by atoms with Gasteiger partial charge in [-0.25, -0.2) is 0 Å². The number of nitrogens with zero attached hydrogens (tertiary/aromatic N) is 3. The van der Waals surface area contributed by atoms with Crippen LogP contribution in [0.25, 0.3) is 16.9 Å². The molecule has 0 aliphatic rings. The average Bonchev–Trinajstić information content (AvgIpc) is 2.81. The van der Waals surface area contributed by atoms with Gasteiger partial charge in [-0.1, -0.05) is 41.6 Å². The maximum absolute atomic E-state index is 9.49. The Labute approximate surface area is 109 Å². The Morgan fingerprint density at radius 1 is 1.00 bits per heavy atom. The number of phenols is 1. The summed E-state index contributed by atoms with van der Waals surface area (Å²) < 4.78 is 1.50. The molecule has 0 bridgehead atoms. The summed E-state index contributed by atoms with van der Waals surface area (Å²) in [6, 6.07) is 16.3. The van der Waals surface area contributed by atoms with Gasteiger partial charge in [0.15, 0.2) is 5.82 Å². The lowest BCUT2D eigenvalue weighted by atomic mass is 10.1.